The Morgan fingerprint density at radius 1 is 1.45 bits per heavy atom. The Balaban J connectivity index is 2.36. The van der Waals surface area contributed by atoms with Gasteiger partial charge in [0.2, 0.25) is 0 Å². The number of hydrogen-bond donors (Lipinski definition) is 1. The molecule has 4 nitrogen and oxygen atoms in total. The molecule has 1 unspecified atom stereocenters. The van der Waals surface area contributed by atoms with Gasteiger partial charge in [-0.15, -0.1) is 0 Å². The van der Waals surface area contributed by atoms with Crippen molar-refractivity contribution in [2.45, 2.75) is 26.4 Å². The van der Waals surface area contributed by atoms with Gasteiger partial charge >= 0.3 is 5.97 Å². The second-order valence-electron chi connectivity index (χ2n) is 5.29. The summed E-state index contributed by atoms with van der Waals surface area (Å²) in [6.07, 6.45) is -0.0954. The molecule has 0 radical (unpaired) electrons. The lowest BCUT2D eigenvalue weighted by molar-refractivity contribution is -0.154. The van der Waals surface area contributed by atoms with Crippen LogP contribution in [-0.2, 0) is 14.3 Å². The number of esters is 1. The molecule has 0 aromatic heterocycles. The van der Waals surface area contributed by atoms with Crippen molar-refractivity contribution in [1.29, 1.82) is 0 Å². The standard InChI is InChI=1S/C15H21BrO4/c1-15(2,14(18)19-3)10-20-8-7-13(17)11-5-4-6-12(16)9-11/h4-6,9,13,17H,7-8,10H2,1-3H3. The second kappa shape index (κ2) is 7.76. The monoisotopic (exact) mass is 344 g/mol. The molecule has 0 saturated heterocycles. The van der Waals surface area contributed by atoms with E-state index in [0.717, 1.165) is 10.0 Å². The molecular formula is C15H21BrO4. The van der Waals surface area contributed by atoms with Crippen molar-refractivity contribution in [3.8, 4) is 0 Å². The number of halogens is 1. The van der Waals surface area contributed by atoms with E-state index in [9.17, 15) is 9.90 Å². The van der Waals surface area contributed by atoms with Crippen molar-refractivity contribution in [2.24, 2.45) is 5.41 Å². The lowest BCUT2D eigenvalue weighted by Gasteiger charge is -2.21. The maximum atomic E-state index is 11.5. The third-order valence-corrected chi connectivity index (χ3v) is 3.46. The average molecular weight is 345 g/mol. The zero-order valence-electron chi connectivity index (χ0n) is 12.1. The molecule has 1 N–H and O–H groups in total. The first-order valence-corrected chi connectivity index (χ1v) is 7.26. The zero-order chi connectivity index (χ0) is 15.2. The average Bonchev–Trinajstić information content (AvgIpc) is 2.42. The van der Waals surface area contributed by atoms with Gasteiger partial charge in [-0.2, -0.15) is 0 Å². The quantitative estimate of drug-likeness (QED) is 0.610. The molecule has 0 aliphatic heterocycles. The number of aliphatic hydroxyl groups is 1. The fourth-order valence-corrected chi connectivity index (χ4v) is 2.15. The molecule has 0 amide bonds. The van der Waals surface area contributed by atoms with Crippen molar-refractivity contribution < 1.29 is 19.4 Å². The van der Waals surface area contributed by atoms with E-state index in [1.807, 2.05) is 24.3 Å². The molecule has 1 atom stereocenters. The molecule has 0 aliphatic rings. The van der Waals surface area contributed by atoms with E-state index in [-0.39, 0.29) is 12.6 Å². The first-order chi connectivity index (χ1) is 9.36. The number of methoxy groups -OCH3 is 1. The Labute approximate surface area is 128 Å². The summed E-state index contributed by atoms with van der Waals surface area (Å²) >= 11 is 3.37. The molecule has 1 rings (SSSR count). The highest BCUT2D eigenvalue weighted by Crippen LogP contribution is 2.22. The summed E-state index contributed by atoms with van der Waals surface area (Å²) in [7, 11) is 1.36. The Bertz CT molecular complexity index is 445. The lowest BCUT2D eigenvalue weighted by atomic mass is 9.95. The van der Waals surface area contributed by atoms with Crippen LogP contribution < -0.4 is 0 Å². The van der Waals surface area contributed by atoms with Crippen LogP contribution in [0.2, 0.25) is 0 Å². The molecule has 20 heavy (non-hydrogen) atoms. The molecule has 0 bridgehead atoms. The third kappa shape index (κ3) is 5.23. The van der Waals surface area contributed by atoms with Crippen LogP contribution in [-0.4, -0.2) is 31.4 Å². The van der Waals surface area contributed by atoms with Gasteiger partial charge in [0, 0.05) is 17.5 Å². The van der Waals surface area contributed by atoms with Crippen LogP contribution in [0.15, 0.2) is 28.7 Å². The van der Waals surface area contributed by atoms with Gasteiger partial charge in [0.1, 0.15) is 0 Å². The van der Waals surface area contributed by atoms with Crippen LogP contribution in [0.25, 0.3) is 0 Å². The molecule has 1 aromatic rings. The highest BCUT2D eigenvalue weighted by atomic mass is 79.9. The number of carbonyl (C=O) groups excluding carboxylic acids is 1. The second-order valence-corrected chi connectivity index (χ2v) is 6.20. The van der Waals surface area contributed by atoms with E-state index in [1.165, 1.54) is 7.11 Å². The van der Waals surface area contributed by atoms with Gasteiger partial charge in [-0.25, -0.2) is 0 Å². The smallest absolute Gasteiger partial charge is 0.313 e. The van der Waals surface area contributed by atoms with Crippen LogP contribution in [0.5, 0.6) is 0 Å². The lowest BCUT2D eigenvalue weighted by Crippen LogP contribution is -2.31. The Morgan fingerprint density at radius 3 is 2.75 bits per heavy atom. The van der Waals surface area contributed by atoms with E-state index >= 15 is 0 Å². The minimum absolute atomic E-state index is 0.269. The van der Waals surface area contributed by atoms with E-state index in [2.05, 4.69) is 15.9 Å². The van der Waals surface area contributed by atoms with E-state index < -0.39 is 11.5 Å². The molecule has 1 aromatic carbocycles. The van der Waals surface area contributed by atoms with Gasteiger partial charge < -0.3 is 14.6 Å². The van der Waals surface area contributed by atoms with Gasteiger partial charge in [0.05, 0.1) is 25.2 Å². The first kappa shape index (κ1) is 17.1. The molecule has 0 heterocycles. The minimum atomic E-state index is -0.671. The van der Waals surface area contributed by atoms with Crippen LogP contribution in [0.4, 0.5) is 0 Å². The van der Waals surface area contributed by atoms with Crippen molar-refractivity contribution in [3.63, 3.8) is 0 Å². The number of ether oxygens (including phenoxy) is 2. The van der Waals surface area contributed by atoms with Crippen LogP contribution >= 0.6 is 15.9 Å². The normalized spacial score (nSPS) is 13.1. The summed E-state index contributed by atoms with van der Waals surface area (Å²) in [5.74, 6) is -0.301. The Kier molecular flexibility index (Phi) is 6.65. The fourth-order valence-electron chi connectivity index (χ4n) is 1.74. The predicted octanol–water partition coefficient (Wildman–Crippen LogP) is 3.09. The first-order valence-electron chi connectivity index (χ1n) is 6.46. The predicted molar refractivity (Wildman–Crippen MR) is 80.3 cm³/mol. The van der Waals surface area contributed by atoms with Gasteiger partial charge in [-0.05, 0) is 31.5 Å². The summed E-state index contributed by atoms with van der Waals surface area (Å²) in [5.41, 5.74) is 0.172. The topological polar surface area (TPSA) is 55.8 Å². The van der Waals surface area contributed by atoms with Gasteiger partial charge in [0.25, 0.3) is 0 Å². The number of hydrogen-bond acceptors (Lipinski definition) is 4. The van der Waals surface area contributed by atoms with Crippen molar-refractivity contribution >= 4 is 21.9 Å². The molecule has 0 saturated carbocycles. The van der Waals surface area contributed by atoms with Crippen LogP contribution in [0, 0.1) is 5.41 Å². The fraction of sp³-hybridized carbons (Fsp3) is 0.533. The summed E-state index contributed by atoms with van der Waals surface area (Å²) in [6, 6.07) is 7.53. The highest BCUT2D eigenvalue weighted by Gasteiger charge is 2.28. The minimum Gasteiger partial charge on any atom is -0.469 e. The number of aliphatic hydroxyl groups excluding tert-OH is 1. The summed E-state index contributed by atoms with van der Waals surface area (Å²) in [4.78, 5) is 11.5. The largest absolute Gasteiger partial charge is 0.469 e. The Hall–Kier alpha value is -0.910. The van der Waals surface area contributed by atoms with Gasteiger partial charge in [-0.1, -0.05) is 28.1 Å². The molecule has 0 spiro atoms. The van der Waals surface area contributed by atoms with Crippen molar-refractivity contribution in [2.75, 3.05) is 20.3 Å². The SMILES string of the molecule is COC(=O)C(C)(C)COCCC(O)c1cccc(Br)c1. The van der Waals surface area contributed by atoms with Crippen LogP contribution in [0.1, 0.15) is 31.9 Å². The van der Waals surface area contributed by atoms with Gasteiger partial charge in [0.15, 0.2) is 0 Å². The summed E-state index contributed by atoms with van der Waals surface area (Å²) in [5, 5.41) is 10.0. The van der Waals surface area contributed by atoms with Gasteiger partial charge in [-0.3, -0.25) is 4.79 Å². The summed E-state index contributed by atoms with van der Waals surface area (Å²) in [6.45, 7) is 4.19. The number of carbonyl (C=O) groups is 1. The number of benzene rings is 1. The summed E-state index contributed by atoms with van der Waals surface area (Å²) < 4.78 is 11.1. The molecule has 112 valence electrons. The number of rotatable bonds is 7. The third-order valence-electron chi connectivity index (χ3n) is 2.97. The maximum Gasteiger partial charge on any atom is 0.313 e. The highest BCUT2D eigenvalue weighted by molar-refractivity contribution is 9.10. The van der Waals surface area contributed by atoms with Crippen LogP contribution in [0.3, 0.4) is 0 Å². The maximum absolute atomic E-state index is 11.5. The van der Waals surface area contributed by atoms with Crippen molar-refractivity contribution in [1.82, 2.24) is 0 Å². The zero-order valence-corrected chi connectivity index (χ0v) is 13.6. The molecule has 0 fully saturated rings. The van der Waals surface area contributed by atoms with E-state index in [1.54, 1.807) is 13.8 Å². The van der Waals surface area contributed by atoms with E-state index in [0.29, 0.717) is 13.0 Å². The van der Waals surface area contributed by atoms with Crippen molar-refractivity contribution in [3.05, 3.63) is 34.3 Å². The molecule has 5 heteroatoms. The Morgan fingerprint density at radius 2 is 2.15 bits per heavy atom. The molecular weight excluding hydrogens is 324 g/mol. The molecule has 0 aliphatic carbocycles. The van der Waals surface area contributed by atoms with E-state index in [4.69, 9.17) is 9.47 Å².